The first-order chi connectivity index (χ1) is 40.5. The highest BCUT2D eigenvalue weighted by molar-refractivity contribution is 5.71. The minimum atomic E-state index is -0.802. The number of hydrogen-bond acceptors (Lipinski definition) is 6. The molecule has 6 nitrogen and oxygen atoms in total. The van der Waals surface area contributed by atoms with E-state index in [-0.39, 0.29) is 31.1 Å². The highest BCUT2D eigenvalue weighted by Crippen LogP contribution is 2.15. The molecule has 0 bridgehead atoms. The summed E-state index contributed by atoms with van der Waals surface area (Å²) in [6.45, 7) is 6.39. The molecule has 1 unspecified atom stereocenters. The Morgan fingerprint density at radius 2 is 0.476 bits per heavy atom. The van der Waals surface area contributed by atoms with Crippen molar-refractivity contribution in [3.63, 3.8) is 0 Å². The lowest BCUT2D eigenvalue weighted by atomic mass is 10.0. The summed E-state index contributed by atoms with van der Waals surface area (Å²) in [5, 5.41) is 0. The number of ether oxygens (including phenoxy) is 3. The van der Waals surface area contributed by atoms with Crippen LogP contribution in [0.2, 0.25) is 0 Å². The molecule has 0 amide bonds. The summed E-state index contributed by atoms with van der Waals surface area (Å²) in [6, 6.07) is 0. The quantitative estimate of drug-likeness (QED) is 0.0261. The Morgan fingerprint density at radius 3 is 0.744 bits per heavy atom. The summed E-state index contributed by atoms with van der Waals surface area (Å²) in [4.78, 5) is 38.3. The number of unbranched alkanes of at least 4 members (excludes halogenated alkanes) is 22. The van der Waals surface area contributed by atoms with Crippen LogP contribution in [-0.4, -0.2) is 37.2 Å². The molecule has 0 aliphatic heterocycles. The molecule has 0 saturated heterocycles. The van der Waals surface area contributed by atoms with Crippen LogP contribution in [0.1, 0.15) is 284 Å². The maximum atomic E-state index is 12.9. The smallest absolute Gasteiger partial charge is 0.306 e. The third-order valence-corrected chi connectivity index (χ3v) is 13.8. The van der Waals surface area contributed by atoms with Gasteiger partial charge in [-0.1, -0.05) is 294 Å². The molecular weight excluding hydrogens is 1010 g/mol. The van der Waals surface area contributed by atoms with Crippen molar-refractivity contribution in [3.8, 4) is 0 Å². The molecule has 82 heavy (non-hydrogen) atoms. The lowest BCUT2D eigenvalue weighted by Gasteiger charge is -2.18. The SMILES string of the molecule is CC/C=C\C/C=C\C/C=C\C/C=C\C/C=C\C/C=C\C/C=C\C/C=C\CCCCCCCCC(=O)OCC(COC(=O)CCCCCCCCCCCCCC)OC(=O)CCCCCCC/C=C\C/C=C\C/C=C\C/C=C\C/C=C\CC. The first-order valence-corrected chi connectivity index (χ1v) is 33.5. The third-order valence-electron chi connectivity index (χ3n) is 13.8. The van der Waals surface area contributed by atoms with Gasteiger partial charge in [0.1, 0.15) is 13.2 Å². The van der Waals surface area contributed by atoms with Gasteiger partial charge < -0.3 is 14.2 Å². The first kappa shape index (κ1) is 77.0. The second kappa shape index (κ2) is 68.5. The Morgan fingerprint density at radius 1 is 0.256 bits per heavy atom. The van der Waals surface area contributed by atoms with Crippen molar-refractivity contribution in [2.45, 2.75) is 290 Å². The predicted molar refractivity (Wildman–Crippen MR) is 357 cm³/mol. The summed E-state index contributed by atoms with van der Waals surface area (Å²) < 4.78 is 16.9. The standard InChI is InChI=1S/C76H122O6/c1-4-7-10-13-16-19-22-25-27-29-31-33-34-35-36-37-38-39-40-41-42-44-45-47-49-51-54-57-60-63-66-69-75(78)81-72-73(71-80-74(77)68-65-62-59-56-53-24-21-18-15-12-9-6-3)82-76(79)70-67-64-61-58-55-52-50-48-46-43-32-30-28-26-23-20-17-14-11-8-5-2/h7-8,10-11,16-17,19-20,25-28,31-33,35-36,38-39,41-43,45,47-48,50,73H,4-6,9,12-15,18,21-24,29-30,34,37,40,44,46,49,51-72H2,1-3H3/b10-7-,11-8-,19-16-,20-17-,27-25-,28-26-,33-31-,36-35-,39-38-,42-41-,43-32-,47-45-,50-48-. The fourth-order valence-corrected chi connectivity index (χ4v) is 8.84. The van der Waals surface area contributed by atoms with Crippen LogP contribution in [0.25, 0.3) is 0 Å². The number of rotatable bonds is 59. The van der Waals surface area contributed by atoms with Gasteiger partial charge in [-0.2, -0.15) is 0 Å². The normalized spacial score (nSPS) is 13.2. The Labute approximate surface area is 505 Å². The molecule has 0 aliphatic rings. The van der Waals surface area contributed by atoms with Gasteiger partial charge in [-0.15, -0.1) is 0 Å². The molecule has 0 saturated carbocycles. The molecule has 0 aromatic carbocycles. The van der Waals surface area contributed by atoms with Gasteiger partial charge in [0.05, 0.1) is 0 Å². The second-order valence-electron chi connectivity index (χ2n) is 21.6. The number of carbonyl (C=O) groups excluding carboxylic acids is 3. The number of carbonyl (C=O) groups is 3. The van der Waals surface area contributed by atoms with Crippen molar-refractivity contribution in [1.82, 2.24) is 0 Å². The minimum Gasteiger partial charge on any atom is -0.462 e. The number of esters is 3. The van der Waals surface area contributed by atoms with Gasteiger partial charge in [-0.25, -0.2) is 0 Å². The van der Waals surface area contributed by atoms with Crippen molar-refractivity contribution in [2.24, 2.45) is 0 Å². The van der Waals surface area contributed by atoms with E-state index in [4.69, 9.17) is 14.2 Å². The van der Waals surface area contributed by atoms with Gasteiger partial charge in [0.15, 0.2) is 6.10 Å². The predicted octanol–water partition coefficient (Wildman–Crippen LogP) is 23.3. The van der Waals surface area contributed by atoms with E-state index in [9.17, 15) is 14.4 Å². The third kappa shape index (κ3) is 65.8. The summed E-state index contributed by atoms with van der Waals surface area (Å²) in [6.07, 6.45) is 99.6. The van der Waals surface area contributed by atoms with Gasteiger partial charge in [0, 0.05) is 19.3 Å². The molecule has 462 valence electrons. The summed E-state index contributed by atoms with van der Waals surface area (Å²) >= 11 is 0. The molecule has 0 aliphatic carbocycles. The van der Waals surface area contributed by atoms with Crippen LogP contribution in [0.15, 0.2) is 158 Å². The Balaban J connectivity index is 4.38. The van der Waals surface area contributed by atoms with Gasteiger partial charge in [0.2, 0.25) is 0 Å². The van der Waals surface area contributed by atoms with Crippen molar-refractivity contribution in [1.29, 1.82) is 0 Å². The van der Waals surface area contributed by atoms with E-state index in [1.165, 1.54) is 70.6 Å². The van der Waals surface area contributed by atoms with Crippen LogP contribution in [0, 0.1) is 0 Å². The fraction of sp³-hybridized carbons (Fsp3) is 0.618. The summed E-state index contributed by atoms with van der Waals surface area (Å²) in [5.41, 5.74) is 0. The van der Waals surface area contributed by atoms with Gasteiger partial charge in [-0.05, 0) is 128 Å². The van der Waals surface area contributed by atoms with E-state index >= 15 is 0 Å². The van der Waals surface area contributed by atoms with E-state index in [1.54, 1.807) is 0 Å². The molecule has 0 N–H and O–H groups in total. The number of hydrogen-bond donors (Lipinski definition) is 0. The first-order valence-electron chi connectivity index (χ1n) is 33.5. The zero-order valence-electron chi connectivity index (χ0n) is 52.9. The fourth-order valence-electron chi connectivity index (χ4n) is 8.84. The van der Waals surface area contributed by atoms with Crippen LogP contribution in [0.5, 0.6) is 0 Å². The Kier molecular flexibility index (Phi) is 64.4. The molecule has 1 atom stereocenters. The van der Waals surface area contributed by atoms with E-state index in [2.05, 4.69) is 179 Å². The maximum Gasteiger partial charge on any atom is 0.306 e. The van der Waals surface area contributed by atoms with E-state index in [0.29, 0.717) is 19.3 Å². The van der Waals surface area contributed by atoms with E-state index in [0.717, 1.165) is 173 Å². The molecule has 0 fully saturated rings. The van der Waals surface area contributed by atoms with Crippen LogP contribution in [0.4, 0.5) is 0 Å². The van der Waals surface area contributed by atoms with Crippen molar-refractivity contribution in [3.05, 3.63) is 158 Å². The van der Waals surface area contributed by atoms with Crippen LogP contribution in [-0.2, 0) is 28.6 Å². The Bertz CT molecular complexity index is 1830. The van der Waals surface area contributed by atoms with E-state index < -0.39 is 6.10 Å². The van der Waals surface area contributed by atoms with E-state index in [1.807, 2.05) is 0 Å². The highest BCUT2D eigenvalue weighted by atomic mass is 16.6. The molecule has 6 heteroatoms. The zero-order chi connectivity index (χ0) is 59.2. The molecule has 0 radical (unpaired) electrons. The maximum absolute atomic E-state index is 12.9. The van der Waals surface area contributed by atoms with Crippen LogP contribution >= 0.6 is 0 Å². The molecule has 0 rings (SSSR count). The Hall–Kier alpha value is -4.97. The average Bonchev–Trinajstić information content (AvgIpc) is 3.47. The second-order valence-corrected chi connectivity index (χ2v) is 21.6. The van der Waals surface area contributed by atoms with Gasteiger partial charge >= 0.3 is 17.9 Å². The largest absolute Gasteiger partial charge is 0.462 e. The monoisotopic (exact) mass is 1130 g/mol. The lowest BCUT2D eigenvalue weighted by molar-refractivity contribution is -0.167. The minimum absolute atomic E-state index is 0.0944. The molecular formula is C76H122O6. The topological polar surface area (TPSA) is 78.9 Å². The molecule has 0 aromatic heterocycles. The van der Waals surface area contributed by atoms with Crippen molar-refractivity contribution in [2.75, 3.05) is 13.2 Å². The summed E-state index contributed by atoms with van der Waals surface area (Å²) in [5.74, 6) is -0.928. The molecule has 0 aromatic rings. The molecule has 0 heterocycles. The van der Waals surface area contributed by atoms with Gasteiger partial charge in [0.25, 0.3) is 0 Å². The van der Waals surface area contributed by atoms with Crippen molar-refractivity contribution < 1.29 is 28.6 Å². The average molecular weight is 1130 g/mol. The lowest BCUT2D eigenvalue weighted by Crippen LogP contribution is -2.30. The zero-order valence-corrected chi connectivity index (χ0v) is 52.9. The number of allylic oxidation sites excluding steroid dienone is 26. The van der Waals surface area contributed by atoms with Crippen LogP contribution in [0.3, 0.4) is 0 Å². The molecule has 0 spiro atoms. The van der Waals surface area contributed by atoms with Crippen LogP contribution < -0.4 is 0 Å². The summed E-state index contributed by atoms with van der Waals surface area (Å²) in [7, 11) is 0. The van der Waals surface area contributed by atoms with Crippen molar-refractivity contribution >= 4 is 17.9 Å². The highest BCUT2D eigenvalue weighted by Gasteiger charge is 2.19. The van der Waals surface area contributed by atoms with Gasteiger partial charge in [-0.3, -0.25) is 14.4 Å².